The van der Waals surface area contributed by atoms with Gasteiger partial charge in [0.2, 0.25) is 5.91 Å². The summed E-state index contributed by atoms with van der Waals surface area (Å²) in [5.74, 6) is 0.109. The molecule has 1 N–H and O–H groups in total. The van der Waals surface area contributed by atoms with Gasteiger partial charge in [-0.25, -0.2) is 4.98 Å². The van der Waals surface area contributed by atoms with Crippen LogP contribution in [0, 0.1) is 0 Å². The summed E-state index contributed by atoms with van der Waals surface area (Å²) in [5.41, 5.74) is 1.88. The van der Waals surface area contributed by atoms with E-state index in [1.807, 2.05) is 18.0 Å². The molecule has 1 fully saturated rings. The molecule has 0 spiro atoms. The Bertz CT molecular complexity index is 462. The molecule has 1 aromatic heterocycles. The van der Waals surface area contributed by atoms with Crippen molar-refractivity contribution >= 4 is 39.7 Å². The van der Waals surface area contributed by atoms with Crippen molar-refractivity contribution in [2.24, 2.45) is 4.99 Å². The van der Waals surface area contributed by atoms with Crippen molar-refractivity contribution in [3.8, 4) is 0 Å². The van der Waals surface area contributed by atoms with E-state index < -0.39 is 0 Å². The van der Waals surface area contributed by atoms with Crippen LogP contribution < -0.4 is 10.2 Å². The van der Waals surface area contributed by atoms with Crippen molar-refractivity contribution in [2.75, 3.05) is 18.5 Å². The van der Waals surface area contributed by atoms with E-state index in [9.17, 15) is 4.79 Å². The van der Waals surface area contributed by atoms with Crippen LogP contribution in [0.1, 0.15) is 6.42 Å². The Labute approximate surface area is 114 Å². The number of carbonyl (C=O) groups excluding carboxylic acids is 1. The van der Waals surface area contributed by atoms with Crippen LogP contribution in [0.5, 0.6) is 0 Å². The zero-order chi connectivity index (χ0) is 12.5. The number of nitrogens with one attached hydrogen (secondary N) is 1. The van der Waals surface area contributed by atoms with E-state index >= 15 is 0 Å². The average molecular weight is 282 g/mol. The highest BCUT2D eigenvalue weighted by atomic mass is 32.2. The lowest BCUT2D eigenvalue weighted by Crippen LogP contribution is -2.50. The Morgan fingerprint density at radius 3 is 3.17 bits per heavy atom. The van der Waals surface area contributed by atoms with Crippen LogP contribution in [-0.4, -0.2) is 47.4 Å². The highest BCUT2D eigenvalue weighted by Gasteiger charge is 2.41. The van der Waals surface area contributed by atoms with Crippen LogP contribution in [0.25, 0.3) is 0 Å². The number of hydrogen-bond acceptors (Lipinski definition) is 6. The van der Waals surface area contributed by atoms with Gasteiger partial charge >= 0.3 is 0 Å². The normalized spacial score (nSPS) is 31.5. The van der Waals surface area contributed by atoms with Crippen LogP contribution in [0.4, 0.5) is 5.13 Å². The molecule has 18 heavy (non-hydrogen) atoms. The van der Waals surface area contributed by atoms with E-state index in [1.54, 1.807) is 22.9 Å². The fourth-order valence-corrected chi connectivity index (χ4v) is 4.24. The second-order valence-electron chi connectivity index (χ2n) is 4.28. The Balaban J connectivity index is 1.90. The van der Waals surface area contributed by atoms with Gasteiger partial charge in [-0.15, -0.1) is 23.1 Å². The molecule has 0 radical (unpaired) electrons. The van der Waals surface area contributed by atoms with Gasteiger partial charge in [0.25, 0.3) is 0 Å². The predicted octanol–water partition coefficient (Wildman–Crippen LogP) is 0.980. The molecule has 2 aliphatic heterocycles. The number of anilines is 1. The third-order valence-corrected chi connectivity index (χ3v) is 5.26. The lowest BCUT2D eigenvalue weighted by atomic mass is 10.1. The molecule has 2 aliphatic rings. The second-order valence-corrected chi connectivity index (χ2v) is 6.18. The van der Waals surface area contributed by atoms with Gasteiger partial charge in [-0.3, -0.25) is 14.7 Å². The Morgan fingerprint density at radius 1 is 1.56 bits per heavy atom. The second kappa shape index (κ2) is 4.99. The van der Waals surface area contributed by atoms with Crippen LogP contribution in [0.2, 0.25) is 0 Å². The molecule has 1 amide bonds. The minimum Gasteiger partial charge on any atom is -0.308 e. The molecule has 7 heteroatoms. The Morgan fingerprint density at radius 2 is 2.44 bits per heavy atom. The van der Waals surface area contributed by atoms with Gasteiger partial charge in [0, 0.05) is 18.1 Å². The molecule has 0 aromatic carbocycles. The first-order valence-electron chi connectivity index (χ1n) is 5.86. The quantitative estimate of drug-likeness (QED) is 0.878. The summed E-state index contributed by atoms with van der Waals surface area (Å²) in [7, 11) is 1.84. The first-order chi connectivity index (χ1) is 8.81. The summed E-state index contributed by atoms with van der Waals surface area (Å²) in [4.78, 5) is 23.1. The standard InChI is InChI=1S/C11H14N4OS2/c1-12-8-9-7(14-6-18-9)2-4-15(10(8)16)11-13-3-5-17-11/h3,5-9,12H,2,4H2,1H3. The van der Waals surface area contributed by atoms with Crippen molar-refractivity contribution in [1.82, 2.24) is 10.3 Å². The number of amides is 1. The van der Waals surface area contributed by atoms with Gasteiger partial charge in [-0.1, -0.05) is 0 Å². The van der Waals surface area contributed by atoms with Crippen molar-refractivity contribution in [2.45, 2.75) is 23.8 Å². The summed E-state index contributed by atoms with van der Waals surface area (Å²) < 4.78 is 0. The number of aliphatic imine (C=N–C) groups is 1. The summed E-state index contributed by atoms with van der Waals surface area (Å²) in [6.45, 7) is 0.698. The van der Waals surface area contributed by atoms with E-state index in [2.05, 4.69) is 15.3 Å². The molecule has 5 nitrogen and oxygen atoms in total. The number of carbonyl (C=O) groups is 1. The van der Waals surface area contributed by atoms with Crippen LogP contribution >= 0.6 is 23.1 Å². The fraction of sp³-hybridized carbons (Fsp3) is 0.545. The lowest BCUT2D eigenvalue weighted by Gasteiger charge is -2.24. The summed E-state index contributed by atoms with van der Waals surface area (Å²) in [5, 5.41) is 6.04. The maximum Gasteiger partial charge on any atom is 0.247 e. The molecule has 3 heterocycles. The number of fused-ring (bicyclic) bond motifs is 1. The van der Waals surface area contributed by atoms with Crippen molar-refractivity contribution in [1.29, 1.82) is 0 Å². The highest BCUT2D eigenvalue weighted by Crippen LogP contribution is 2.32. The van der Waals surface area contributed by atoms with Gasteiger partial charge in [0.1, 0.15) is 6.04 Å². The molecule has 1 saturated heterocycles. The summed E-state index contributed by atoms with van der Waals surface area (Å²) in [6, 6.07) is 0.0512. The number of thiazole rings is 1. The number of thioether (sulfide) groups is 1. The third kappa shape index (κ3) is 1.96. The molecule has 3 atom stereocenters. The maximum absolute atomic E-state index is 12.6. The van der Waals surface area contributed by atoms with Crippen LogP contribution in [0.15, 0.2) is 16.6 Å². The average Bonchev–Trinajstić information content (AvgIpc) is 3.01. The lowest BCUT2D eigenvalue weighted by molar-refractivity contribution is -0.120. The minimum atomic E-state index is -0.186. The van der Waals surface area contributed by atoms with Crippen molar-refractivity contribution in [3.63, 3.8) is 0 Å². The van der Waals surface area contributed by atoms with E-state index in [1.165, 1.54) is 11.3 Å². The van der Waals surface area contributed by atoms with E-state index in [-0.39, 0.29) is 23.2 Å². The molecule has 0 bridgehead atoms. The van der Waals surface area contributed by atoms with E-state index in [4.69, 9.17) is 0 Å². The van der Waals surface area contributed by atoms with Gasteiger partial charge in [0.15, 0.2) is 5.13 Å². The largest absolute Gasteiger partial charge is 0.308 e. The number of nitrogens with zero attached hydrogens (tertiary/aromatic N) is 3. The minimum absolute atomic E-state index is 0.109. The van der Waals surface area contributed by atoms with Crippen molar-refractivity contribution in [3.05, 3.63) is 11.6 Å². The van der Waals surface area contributed by atoms with Gasteiger partial charge in [-0.05, 0) is 13.5 Å². The molecule has 3 rings (SSSR count). The van der Waals surface area contributed by atoms with Crippen LogP contribution in [-0.2, 0) is 4.79 Å². The predicted molar refractivity (Wildman–Crippen MR) is 75.6 cm³/mol. The molecule has 0 aliphatic carbocycles. The van der Waals surface area contributed by atoms with Gasteiger partial charge in [-0.2, -0.15) is 0 Å². The molecular formula is C11H14N4OS2. The molecule has 0 saturated carbocycles. The number of likely N-dealkylation sites (N-methyl/N-ethyl adjacent to an activating group) is 1. The Hall–Kier alpha value is -0.920. The smallest absolute Gasteiger partial charge is 0.247 e. The summed E-state index contributed by atoms with van der Waals surface area (Å²) >= 11 is 3.16. The monoisotopic (exact) mass is 282 g/mol. The summed E-state index contributed by atoms with van der Waals surface area (Å²) in [6.07, 6.45) is 2.64. The first kappa shape index (κ1) is 12.1. The number of hydrogen-bond donors (Lipinski definition) is 1. The topological polar surface area (TPSA) is 57.6 Å². The molecule has 96 valence electrons. The van der Waals surface area contributed by atoms with E-state index in [0.29, 0.717) is 6.54 Å². The molecule has 1 aromatic rings. The molecule has 3 unspecified atom stereocenters. The van der Waals surface area contributed by atoms with Crippen molar-refractivity contribution < 1.29 is 4.79 Å². The third-order valence-electron chi connectivity index (χ3n) is 3.32. The Kier molecular flexibility index (Phi) is 3.36. The van der Waals surface area contributed by atoms with Gasteiger partial charge < -0.3 is 5.32 Å². The van der Waals surface area contributed by atoms with Gasteiger partial charge in [0.05, 0.1) is 16.8 Å². The number of aromatic nitrogens is 1. The van der Waals surface area contributed by atoms with E-state index in [0.717, 1.165) is 11.6 Å². The fourth-order valence-electron chi connectivity index (χ4n) is 2.41. The number of rotatable bonds is 2. The van der Waals surface area contributed by atoms with Crippen LogP contribution in [0.3, 0.4) is 0 Å². The zero-order valence-electron chi connectivity index (χ0n) is 9.94. The first-order valence-corrected chi connectivity index (χ1v) is 7.69. The highest BCUT2D eigenvalue weighted by molar-refractivity contribution is 8.13. The molecular weight excluding hydrogens is 268 g/mol. The maximum atomic E-state index is 12.6. The SMILES string of the molecule is CNC1C(=O)N(c2nccs2)CCC2N=CSC21. The zero-order valence-corrected chi connectivity index (χ0v) is 11.6.